The summed E-state index contributed by atoms with van der Waals surface area (Å²) in [6.07, 6.45) is 0. The summed E-state index contributed by atoms with van der Waals surface area (Å²) in [4.78, 5) is 2.36. The Balaban J connectivity index is 0.779. The maximum absolute atomic E-state index is 5.16. The molecule has 0 unspecified atom stereocenters. The number of rotatable bonds is 15. The molecular weight excluding hydrogens is 1250 g/mol. The van der Waals surface area contributed by atoms with E-state index in [9.17, 15) is 0 Å². The van der Waals surface area contributed by atoms with Crippen molar-refractivity contribution in [2.45, 2.75) is 52.4 Å². The molecule has 99 heavy (non-hydrogen) atoms. The normalized spacial score (nSPS) is 12.1. The zero-order valence-electron chi connectivity index (χ0n) is 56.7. The Labute approximate surface area is 587 Å². The van der Waals surface area contributed by atoms with Gasteiger partial charge in [-0.05, 0) is 164 Å². The predicted molar refractivity (Wildman–Crippen MR) is 427 cm³/mol. The van der Waals surface area contributed by atoms with Gasteiger partial charge in [-0.25, -0.2) is 0 Å². The van der Waals surface area contributed by atoms with Crippen LogP contribution in [0, 0.1) is 0 Å². The van der Waals surface area contributed by atoms with Crippen molar-refractivity contribution in [1.82, 2.24) is 13.3 Å². The number of hydrogen-bond donors (Lipinski definition) is 0. The molecule has 16 aromatic rings. The molecule has 0 fully saturated rings. The van der Waals surface area contributed by atoms with Crippen LogP contribution in [-0.2, 0) is 10.8 Å². The van der Waals surface area contributed by atoms with E-state index in [-0.39, 0.29) is 10.8 Å². The minimum absolute atomic E-state index is 0.0177. The van der Waals surface area contributed by atoms with E-state index in [0.29, 0.717) is 0 Å². The summed E-state index contributed by atoms with van der Waals surface area (Å²) in [6.45, 7) is 13.8. The van der Waals surface area contributed by atoms with E-state index in [1.54, 1.807) is 0 Å². The molecule has 0 atom stereocenters. The molecule has 0 N–H and O–H groups in total. The third kappa shape index (κ3) is 11.3. The Kier molecular flexibility index (Phi) is 16.3. The van der Waals surface area contributed by atoms with Gasteiger partial charge >= 0.3 is 0 Å². The summed E-state index contributed by atoms with van der Waals surface area (Å²) in [5.74, 6) is 0. The average Bonchev–Trinajstić information content (AvgIpc) is 1.25. The Morgan fingerprint density at radius 1 is 0.293 bits per heavy atom. The van der Waals surface area contributed by atoms with Gasteiger partial charge in [-0.2, -0.15) is 8.75 Å². The Morgan fingerprint density at radius 2 is 0.596 bits per heavy atom. The maximum atomic E-state index is 5.16. The highest BCUT2D eigenvalue weighted by Gasteiger charge is 2.43. The molecule has 2 heterocycles. The van der Waals surface area contributed by atoms with Crippen molar-refractivity contribution in [2.24, 2.45) is 0 Å². The number of benzene rings is 14. The summed E-state index contributed by atoms with van der Waals surface area (Å²) in [6, 6.07) is 131. The van der Waals surface area contributed by atoms with Crippen LogP contribution < -0.4 is 46.4 Å². The fourth-order valence-electron chi connectivity index (χ4n) is 15.3. The fourth-order valence-corrected chi connectivity index (χ4v) is 25.3. The highest BCUT2D eigenvalue weighted by Crippen LogP contribution is 2.44. The van der Waals surface area contributed by atoms with Gasteiger partial charge in [0.2, 0.25) is 0 Å². The Hall–Kier alpha value is -11.1. The van der Waals surface area contributed by atoms with Crippen molar-refractivity contribution < 1.29 is 0 Å². The Bertz CT molecular complexity index is 5020. The van der Waals surface area contributed by atoms with Gasteiger partial charge in [0.05, 0.1) is 28.4 Å². The van der Waals surface area contributed by atoms with Gasteiger partial charge in [-0.3, -0.25) is 0 Å². The van der Waals surface area contributed by atoms with Crippen LogP contribution in [0.5, 0.6) is 0 Å². The lowest BCUT2D eigenvalue weighted by Gasteiger charge is -2.34. The van der Waals surface area contributed by atoms with Crippen LogP contribution in [0.2, 0.25) is 0 Å². The van der Waals surface area contributed by atoms with E-state index in [1.807, 2.05) is 0 Å². The minimum atomic E-state index is -2.70. The van der Waals surface area contributed by atoms with Crippen molar-refractivity contribution in [1.29, 1.82) is 0 Å². The second-order valence-electron chi connectivity index (χ2n) is 28.2. The molecule has 16 rings (SSSR count). The van der Waals surface area contributed by atoms with E-state index >= 15 is 0 Å². The molecule has 478 valence electrons. The zero-order valence-corrected chi connectivity index (χ0v) is 59.5. The molecule has 0 spiro atoms. The molecule has 2 aromatic heterocycles. The number of nitrogens with zero attached hydrogens (tertiary/aromatic N) is 4. The number of hydrogen-bond acceptors (Lipinski definition) is 4. The average molecular weight is 1330 g/mol. The Morgan fingerprint density at radius 3 is 0.929 bits per heavy atom. The molecule has 7 heteroatoms. The smallest absolute Gasteiger partial charge is 0.179 e. The highest BCUT2D eigenvalue weighted by atomic mass is 32.1. The van der Waals surface area contributed by atoms with Gasteiger partial charge in [0.25, 0.3) is 0 Å². The molecule has 4 nitrogen and oxygen atoms in total. The molecule has 0 amide bonds. The van der Waals surface area contributed by atoms with E-state index in [4.69, 9.17) is 8.75 Å². The van der Waals surface area contributed by atoms with Crippen LogP contribution in [0.15, 0.2) is 352 Å². The van der Waals surface area contributed by atoms with Crippen molar-refractivity contribution in [3.8, 4) is 39.1 Å². The first-order valence-corrected chi connectivity index (χ1v) is 39.1. The van der Waals surface area contributed by atoms with Crippen LogP contribution in [0.3, 0.4) is 0 Å². The quantitative estimate of drug-likeness (QED) is 0.0758. The lowest BCUT2D eigenvalue weighted by molar-refractivity contribution is 0.590. The largest absolute Gasteiger partial charge is 0.309 e. The summed E-state index contributed by atoms with van der Waals surface area (Å²) >= 11 is 1.26. The molecule has 0 aliphatic heterocycles. The van der Waals surface area contributed by atoms with Gasteiger partial charge in [0, 0.05) is 33.4 Å². The zero-order chi connectivity index (χ0) is 67.3. The molecule has 0 radical (unpaired) electrons. The topological polar surface area (TPSA) is 34.0 Å². The summed E-state index contributed by atoms with van der Waals surface area (Å²) in [5, 5.41) is 13.4. The standard InChI is InChI=1S/C92H76N4SSi2/c1-91(2,3)70-47-60-86-84(63-70)85-64-71(92(4,5)6)48-61-87(85)96(86)74-53-41-69(42-54-74)83-59-62-88(90-89(83)93-97-94-90)95(72-49-37-65(38-50-72)67-43-55-81(56-44-67)98(75-25-13-7-14-26-75,76-27-15-8-16-28-76)77-29-17-9-18-30-77)73-51-39-66(40-52-73)68-45-57-82(58-46-68)99(78-31-19-10-20-32-78,79-33-21-11-22-34-79)80-35-23-12-24-36-80/h7-64H,1-6H3. The molecule has 0 aliphatic carbocycles. The predicted octanol–water partition coefficient (Wildman–Crippen LogP) is 18.6. The third-order valence-corrected chi connectivity index (χ3v) is 30.5. The summed E-state index contributed by atoms with van der Waals surface area (Å²) in [5.41, 5.74) is 17.6. The molecule has 0 saturated carbocycles. The van der Waals surface area contributed by atoms with Crippen LogP contribution in [0.1, 0.15) is 52.7 Å². The van der Waals surface area contributed by atoms with E-state index < -0.39 is 16.1 Å². The second-order valence-corrected chi connectivity index (χ2v) is 36.4. The molecule has 0 bridgehead atoms. The van der Waals surface area contributed by atoms with Gasteiger partial charge < -0.3 is 9.47 Å². The van der Waals surface area contributed by atoms with Crippen LogP contribution >= 0.6 is 11.7 Å². The molecular formula is C92H76N4SSi2. The van der Waals surface area contributed by atoms with Crippen LogP contribution in [-0.4, -0.2) is 29.5 Å². The van der Waals surface area contributed by atoms with Crippen molar-refractivity contribution in [3.63, 3.8) is 0 Å². The number of anilines is 3. The molecule has 0 aliphatic rings. The lowest BCUT2D eigenvalue weighted by atomic mass is 9.85. The fraction of sp³-hybridized carbons (Fsp3) is 0.0870. The first-order chi connectivity index (χ1) is 48.3. The van der Waals surface area contributed by atoms with Crippen LogP contribution in [0.25, 0.3) is 71.9 Å². The SMILES string of the molecule is CC(C)(C)c1ccc2c(c1)c1cc(C(C)(C)C)ccc1n2-c1ccc(-c2ccc(N(c3ccc(-c4ccc([Si](c5ccccc5)(c5ccccc5)c5ccccc5)cc4)cc3)c3ccc(-c4ccc([Si](c5ccccc5)(c5ccccc5)c5ccccc5)cc4)cc3)c3nsnc23)cc1. The first-order valence-electron chi connectivity index (χ1n) is 34.4. The van der Waals surface area contributed by atoms with E-state index in [1.165, 1.54) is 86.2 Å². The molecule has 14 aromatic carbocycles. The van der Waals surface area contributed by atoms with Crippen LogP contribution in [0.4, 0.5) is 17.1 Å². The second kappa shape index (κ2) is 25.7. The van der Waals surface area contributed by atoms with Gasteiger partial charge in [0.15, 0.2) is 16.1 Å². The third-order valence-electron chi connectivity index (χ3n) is 20.4. The van der Waals surface area contributed by atoms with E-state index in [2.05, 4.69) is 403 Å². The highest BCUT2D eigenvalue weighted by molar-refractivity contribution is 7.20. The lowest BCUT2D eigenvalue weighted by Crippen LogP contribution is -2.74. The monoisotopic (exact) mass is 1320 g/mol. The van der Waals surface area contributed by atoms with Crippen molar-refractivity contribution in [3.05, 3.63) is 363 Å². The summed E-state index contributed by atoms with van der Waals surface area (Å²) in [7, 11) is -5.40. The van der Waals surface area contributed by atoms with E-state index in [0.717, 1.165) is 67.2 Å². The summed E-state index contributed by atoms with van der Waals surface area (Å²) < 4.78 is 12.7. The van der Waals surface area contributed by atoms with Crippen molar-refractivity contribution >= 4 is 119 Å². The first kappa shape index (κ1) is 62.7. The van der Waals surface area contributed by atoms with Gasteiger partial charge in [0.1, 0.15) is 11.0 Å². The number of aromatic nitrogens is 3. The van der Waals surface area contributed by atoms with Gasteiger partial charge in [-0.15, -0.1) is 0 Å². The number of fused-ring (bicyclic) bond motifs is 4. The maximum Gasteiger partial charge on any atom is 0.179 e. The van der Waals surface area contributed by atoms with Gasteiger partial charge in [-0.1, -0.05) is 321 Å². The van der Waals surface area contributed by atoms with Crippen molar-refractivity contribution in [2.75, 3.05) is 4.90 Å². The minimum Gasteiger partial charge on any atom is -0.309 e. The molecule has 0 saturated heterocycles.